The number of nitrogens with two attached hydrogens (primary N) is 1. The lowest BCUT2D eigenvalue weighted by Crippen LogP contribution is -2.40. The molecule has 0 bridgehead atoms. The number of carbonyl (C=O) groups excluding carboxylic acids is 1. The van der Waals surface area contributed by atoms with E-state index in [1.165, 1.54) is 23.5 Å². The lowest BCUT2D eigenvalue weighted by molar-refractivity contribution is -0.126. The van der Waals surface area contributed by atoms with Gasteiger partial charge in [0.2, 0.25) is 17.4 Å². The summed E-state index contributed by atoms with van der Waals surface area (Å²) in [6.07, 6.45) is 0. The summed E-state index contributed by atoms with van der Waals surface area (Å²) in [5.41, 5.74) is 5.41. The number of carbonyl (C=O) groups is 1. The molecule has 0 unspecified atom stereocenters. The molecule has 1 aliphatic rings. The van der Waals surface area contributed by atoms with Gasteiger partial charge in [0, 0.05) is 4.47 Å². The number of Topliss-reactive ketones (excluding diaryl/α,β-unsaturated/α-hetero) is 1. The van der Waals surface area contributed by atoms with E-state index in [2.05, 4.69) is 15.9 Å². The number of hydrogen-bond acceptors (Lipinski definition) is 6. The van der Waals surface area contributed by atoms with E-state index in [0.29, 0.717) is 11.1 Å². The largest absolute Gasteiger partial charge is 0.467 e. The summed E-state index contributed by atoms with van der Waals surface area (Å²) >= 11 is 3.35. The van der Waals surface area contributed by atoms with E-state index >= 15 is 0 Å². The molecule has 2 aromatic rings. The van der Waals surface area contributed by atoms with E-state index in [9.17, 15) is 13.2 Å². The van der Waals surface area contributed by atoms with Gasteiger partial charge in [-0.3, -0.25) is 4.79 Å². The average Bonchev–Trinajstić information content (AvgIpc) is 2.86. The predicted octanol–water partition coefficient (Wildman–Crippen LogP) is -0.615. The minimum Gasteiger partial charge on any atom is -0.467 e. The number of rotatable bonds is 5. The number of hydrogen-bond donors (Lipinski definition) is 1. The van der Waals surface area contributed by atoms with Crippen molar-refractivity contribution in [2.45, 2.75) is 10.0 Å². The minimum absolute atomic E-state index is 0.361. The molecule has 0 amide bonds. The van der Waals surface area contributed by atoms with Crippen LogP contribution >= 0.6 is 15.9 Å². The third kappa shape index (κ3) is 3.37. The molecule has 2 N–H and O–H groups in total. The lowest BCUT2D eigenvalue weighted by Gasteiger charge is -2.26. The zero-order valence-corrected chi connectivity index (χ0v) is 18.0. The maximum atomic E-state index is 13.0. The molecular formula is C17H17B3BrNO5S. The van der Waals surface area contributed by atoms with Crippen LogP contribution in [-0.2, 0) is 33.9 Å². The van der Waals surface area contributed by atoms with Crippen LogP contribution in [0.5, 0.6) is 0 Å². The van der Waals surface area contributed by atoms with Gasteiger partial charge < -0.3 is 14.7 Å². The maximum Gasteiger partial charge on any atom is 0.304 e. The molecule has 0 saturated carbocycles. The first-order valence-electron chi connectivity index (χ1n) is 8.48. The first-order valence-corrected chi connectivity index (χ1v) is 10.7. The fraction of sp³-hybridized carbons (Fsp3) is 0.118. The molecule has 0 spiro atoms. The Balaban J connectivity index is 1.94. The molecule has 3 rings (SSSR count). The van der Waals surface area contributed by atoms with Crippen molar-refractivity contribution in [2.24, 2.45) is 5.73 Å². The third-order valence-electron chi connectivity index (χ3n) is 4.84. The number of halogens is 1. The molecule has 142 valence electrons. The molecule has 6 nitrogen and oxygen atoms in total. The highest BCUT2D eigenvalue weighted by Gasteiger charge is 2.50. The standard InChI is InChI=1S/C17H17B3BrNO5S/c18-16(11-7-4-8-12(21)9-11)14(23)13(15(22)26-16)27-28(24,25)17(19,20)10-5-2-1-3-6-10/h1-9H,18-20,22H2/t16-/m0/s1. The van der Waals surface area contributed by atoms with E-state index in [4.69, 9.17) is 14.7 Å². The van der Waals surface area contributed by atoms with Crippen molar-refractivity contribution >= 4 is 55.4 Å². The minimum atomic E-state index is -4.25. The predicted molar refractivity (Wildman–Crippen MR) is 117 cm³/mol. The van der Waals surface area contributed by atoms with Gasteiger partial charge in [0.05, 0.1) is 4.55 Å². The Kier molecular flexibility index (Phi) is 5.18. The van der Waals surface area contributed by atoms with E-state index < -0.39 is 31.7 Å². The molecule has 2 aromatic carbocycles. The quantitative estimate of drug-likeness (QED) is 0.473. The molecule has 28 heavy (non-hydrogen) atoms. The maximum absolute atomic E-state index is 13.0. The molecule has 1 atom stereocenters. The first kappa shape index (κ1) is 20.6. The molecule has 0 radical (unpaired) electrons. The van der Waals surface area contributed by atoms with Crippen LogP contribution in [0.1, 0.15) is 11.1 Å². The highest BCUT2D eigenvalue weighted by molar-refractivity contribution is 9.10. The van der Waals surface area contributed by atoms with Crippen LogP contribution < -0.4 is 5.73 Å². The van der Waals surface area contributed by atoms with Crippen molar-refractivity contribution in [3.05, 3.63) is 81.8 Å². The molecule has 11 heteroatoms. The summed E-state index contributed by atoms with van der Waals surface area (Å²) in [6, 6.07) is 15.5. The summed E-state index contributed by atoms with van der Waals surface area (Å²) in [5.74, 6) is -1.53. The lowest BCUT2D eigenvalue weighted by atomic mass is 9.65. The van der Waals surface area contributed by atoms with Crippen molar-refractivity contribution in [1.82, 2.24) is 0 Å². The van der Waals surface area contributed by atoms with E-state index in [0.717, 1.165) is 4.47 Å². The van der Waals surface area contributed by atoms with Gasteiger partial charge in [-0.05, 0) is 23.3 Å². The molecule has 0 aliphatic carbocycles. The first-order chi connectivity index (χ1) is 13.0. The van der Waals surface area contributed by atoms with Gasteiger partial charge in [0.25, 0.3) is 0 Å². The normalized spacial score (nSPS) is 20.1. The molecule has 0 saturated heterocycles. The highest BCUT2D eigenvalue weighted by Crippen LogP contribution is 2.38. The molecular weight excluding hydrogens is 443 g/mol. The highest BCUT2D eigenvalue weighted by atomic mass is 79.9. The molecule has 1 aliphatic heterocycles. The van der Waals surface area contributed by atoms with Crippen LogP contribution in [0.15, 0.2) is 70.7 Å². The van der Waals surface area contributed by atoms with Gasteiger partial charge in [-0.1, -0.05) is 58.4 Å². The van der Waals surface area contributed by atoms with Gasteiger partial charge in [0.15, 0.2) is 13.3 Å². The van der Waals surface area contributed by atoms with Crippen LogP contribution in [0.25, 0.3) is 0 Å². The van der Waals surface area contributed by atoms with Gasteiger partial charge in [0.1, 0.15) is 15.7 Å². The Bertz CT molecular complexity index is 1080. The van der Waals surface area contributed by atoms with E-state index in [-0.39, 0.29) is 5.88 Å². The van der Waals surface area contributed by atoms with Crippen molar-refractivity contribution in [3.8, 4) is 0 Å². The fourth-order valence-corrected chi connectivity index (χ4v) is 4.30. The van der Waals surface area contributed by atoms with Crippen LogP contribution in [0.4, 0.5) is 0 Å². The van der Waals surface area contributed by atoms with Crippen molar-refractivity contribution in [2.75, 3.05) is 0 Å². The Hall–Kier alpha value is -2.13. The molecule has 0 aromatic heterocycles. The SMILES string of the molecule is BC(B)(c1ccccc1)S(=O)(=O)OC1=C(N)O[C@@](B)(c2cccc(Br)c2)C1=O. The fourth-order valence-electron chi connectivity index (χ4n) is 2.89. The molecule has 0 fully saturated rings. The Labute approximate surface area is 175 Å². The second-order valence-electron chi connectivity index (χ2n) is 7.08. The summed E-state index contributed by atoms with van der Waals surface area (Å²) in [7, 11) is 0.277. The van der Waals surface area contributed by atoms with Gasteiger partial charge in [-0.25, -0.2) is 0 Å². The third-order valence-corrected chi connectivity index (χ3v) is 7.20. The Morgan fingerprint density at radius 1 is 1.11 bits per heavy atom. The van der Waals surface area contributed by atoms with Gasteiger partial charge in [-0.2, -0.15) is 8.42 Å². The summed E-state index contributed by atoms with van der Waals surface area (Å²) < 4.78 is 36.1. The Morgan fingerprint density at radius 3 is 2.36 bits per heavy atom. The zero-order valence-electron chi connectivity index (χ0n) is 15.6. The smallest absolute Gasteiger partial charge is 0.304 e. The van der Waals surface area contributed by atoms with E-state index in [1.807, 2.05) is 0 Å². The van der Waals surface area contributed by atoms with Crippen LogP contribution in [0.2, 0.25) is 0 Å². The van der Waals surface area contributed by atoms with Crippen LogP contribution in [0.3, 0.4) is 0 Å². The number of ketones is 1. The second-order valence-corrected chi connectivity index (χ2v) is 10.1. The molecule has 1 heterocycles. The average molecular weight is 460 g/mol. The second kappa shape index (κ2) is 7.04. The Morgan fingerprint density at radius 2 is 1.75 bits per heavy atom. The summed E-state index contributed by atoms with van der Waals surface area (Å²) in [4.78, 5) is 13.0. The zero-order chi connectivity index (χ0) is 20.7. The van der Waals surface area contributed by atoms with Crippen molar-refractivity contribution in [1.29, 1.82) is 0 Å². The summed E-state index contributed by atoms with van der Waals surface area (Å²) in [5, 5.41) is 0. The van der Waals surface area contributed by atoms with Crippen molar-refractivity contribution in [3.63, 3.8) is 0 Å². The van der Waals surface area contributed by atoms with Gasteiger partial charge in [-0.15, -0.1) is 0 Å². The monoisotopic (exact) mass is 459 g/mol. The van der Waals surface area contributed by atoms with Crippen molar-refractivity contribution < 1.29 is 22.1 Å². The van der Waals surface area contributed by atoms with Crippen LogP contribution in [-0.4, -0.2) is 37.7 Å². The number of ether oxygens (including phenoxy) is 1. The topological polar surface area (TPSA) is 95.7 Å². The summed E-state index contributed by atoms with van der Waals surface area (Å²) in [6.45, 7) is 0. The number of benzene rings is 2. The van der Waals surface area contributed by atoms with Gasteiger partial charge >= 0.3 is 10.1 Å². The van der Waals surface area contributed by atoms with E-state index in [1.54, 1.807) is 54.6 Å². The van der Waals surface area contributed by atoms with Crippen LogP contribution in [0, 0.1) is 0 Å².